The van der Waals surface area contributed by atoms with Crippen molar-refractivity contribution in [2.75, 3.05) is 6.54 Å². The van der Waals surface area contributed by atoms with E-state index in [9.17, 15) is 0 Å². The molecular weight excluding hydrogens is 174 g/mol. The largest absolute Gasteiger partial charge is 0.345 e. The fraction of sp³-hybridized carbons (Fsp3) is 0.455. The second kappa shape index (κ2) is 3.82. The van der Waals surface area contributed by atoms with E-state index in [0.29, 0.717) is 12.0 Å². The number of imidazole rings is 1. The summed E-state index contributed by atoms with van der Waals surface area (Å²) in [4.78, 5) is 7.58. The molecule has 2 N–H and O–H groups in total. The number of hydrogen-bond acceptors (Lipinski definition) is 2. The number of H-pyrrole nitrogens is 1. The first-order valence-electron chi connectivity index (χ1n) is 4.90. The average molecular weight is 189 g/mol. The second-order valence-corrected chi connectivity index (χ2v) is 3.78. The van der Waals surface area contributed by atoms with Crippen molar-refractivity contribution in [1.82, 2.24) is 15.3 Å². The SMILES string of the molecule is C=C=CC1CNC(c2ncc(C)[nH]2)C1. The minimum absolute atomic E-state index is 0.360. The van der Waals surface area contributed by atoms with Crippen LogP contribution in [0.4, 0.5) is 0 Å². The molecule has 0 aromatic carbocycles. The fourth-order valence-electron chi connectivity index (χ4n) is 1.88. The molecule has 1 aliphatic heterocycles. The van der Waals surface area contributed by atoms with Gasteiger partial charge in [0, 0.05) is 18.4 Å². The average Bonchev–Trinajstić information content (AvgIpc) is 2.74. The van der Waals surface area contributed by atoms with Gasteiger partial charge in [0.2, 0.25) is 0 Å². The van der Waals surface area contributed by atoms with Crippen LogP contribution < -0.4 is 5.32 Å². The second-order valence-electron chi connectivity index (χ2n) is 3.78. The van der Waals surface area contributed by atoms with Crippen molar-refractivity contribution in [3.8, 4) is 0 Å². The van der Waals surface area contributed by atoms with Crippen LogP contribution in [-0.4, -0.2) is 16.5 Å². The highest BCUT2D eigenvalue weighted by molar-refractivity contribution is 5.07. The van der Waals surface area contributed by atoms with Gasteiger partial charge in [-0.05, 0) is 25.3 Å². The van der Waals surface area contributed by atoms with Crippen LogP contribution in [0.15, 0.2) is 24.6 Å². The zero-order valence-corrected chi connectivity index (χ0v) is 8.38. The first-order valence-corrected chi connectivity index (χ1v) is 4.90. The number of aromatic amines is 1. The van der Waals surface area contributed by atoms with Gasteiger partial charge in [-0.1, -0.05) is 6.58 Å². The third-order valence-corrected chi connectivity index (χ3v) is 2.57. The zero-order valence-electron chi connectivity index (χ0n) is 8.38. The molecule has 1 aromatic rings. The van der Waals surface area contributed by atoms with Crippen LogP contribution in [0.25, 0.3) is 0 Å². The van der Waals surface area contributed by atoms with Gasteiger partial charge in [0.05, 0.1) is 6.04 Å². The van der Waals surface area contributed by atoms with Crippen LogP contribution in [0.5, 0.6) is 0 Å². The molecule has 2 heterocycles. The molecule has 2 unspecified atom stereocenters. The van der Waals surface area contributed by atoms with Gasteiger partial charge in [-0.25, -0.2) is 4.98 Å². The molecule has 0 aliphatic carbocycles. The molecule has 1 fully saturated rings. The molecule has 0 amide bonds. The first-order chi connectivity index (χ1) is 6.79. The third-order valence-electron chi connectivity index (χ3n) is 2.57. The van der Waals surface area contributed by atoms with E-state index in [4.69, 9.17) is 0 Å². The van der Waals surface area contributed by atoms with Crippen LogP contribution in [0, 0.1) is 12.8 Å². The molecule has 1 saturated heterocycles. The van der Waals surface area contributed by atoms with Gasteiger partial charge < -0.3 is 10.3 Å². The molecule has 3 nitrogen and oxygen atoms in total. The van der Waals surface area contributed by atoms with Crippen molar-refractivity contribution in [3.05, 3.63) is 36.1 Å². The number of aromatic nitrogens is 2. The fourth-order valence-corrected chi connectivity index (χ4v) is 1.88. The van der Waals surface area contributed by atoms with Crippen LogP contribution in [0.3, 0.4) is 0 Å². The normalized spacial score (nSPS) is 26.1. The Morgan fingerprint density at radius 3 is 3.21 bits per heavy atom. The molecule has 0 radical (unpaired) electrons. The molecule has 0 saturated carbocycles. The Hall–Kier alpha value is -1.31. The van der Waals surface area contributed by atoms with Crippen LogP contribution >= 0.6 is 0 Å². The topological polar surface area (TPSA) is 40.7 Å². The van der Waals surface area contributed by atoms with Crippen LogP contribution in [0.1, 0.15) is 24.0 Å². The summed E-state index contributed by atoms with van der Waals surface area (Å²) in [7, 11) is 0. The highest BCUT2D eigenvalue weighted by Crippen LogP contribution is 2.25. The van der Waals surface area contributed by atoms with Crippen molar-refractivity contribution >= 4 is 0 Å². The molecule has 3 heteroatoms. The molecule has 0 spiro atoms. The standard InChI is InChI=1S/C11H15N3/c1-3-4-9-5-10(12-7-9)11-13-6-8(2)14-11/h4,6,9-10,12H,1,5,7H2,2H3,(H,13,14). The van der Waals surface area contributed by atoms with Gasteiger partial charge in [0.15, 0.2) is 0 Å². The van der Waals surface area contributed by atoms with Gasteiger partial charge in [0.25, 0.3) is 0 Å². The first kappa shape index (κ1) is 9.25. The summed E-state index contributed by atoms with van der Waals surface area (Å²) >= 11 is 0. The lowest BCUT2D eigenvalue weighted by Crippen LogP contribution is -2.14. The van der Waals surface area contributed by atoms with Gasteiger partial charge >= 0.3 is 0 Å². The van der Waals surface area contributed by atoms with E-state index >= 15 is 0 Å². The lowest BCUT2D eigenvalue weighted by molar-refractivity contribution is 0.602. The molecule has 2 rings (SSSR count). The molecule has 2 atom stereocenters. The molecule has 0 bridgehead atoms. The lowest BCUT2D eigenvalue weighted by atomic mass is 10.1. The van der Waals surface area contributed by atoms with E-state index in [2.05, 4.69) is 27.6 Å². The molecule has 1 aliphatic rings. The predicted octanol–water partition coefficient (Wildman–Crippen LogP) is 1.71. The Bertz CT molecular complexity index is 360. The number of rotatable bonds is 2. The highest BCUT2D eigenvalue weighted by Gasteiger charge is 2.25. The van der Waals surface area contributed by atoms with Crippen molar-refractivity contribution in [1.29, 1.82) is 0 Å². The summed E-state index contributed by atoms with van der Waals surface area (Å²) < 4.78 is 0. The Balaban J connectivity index is 2.05. The van der Waals surface area contributed by atoms with E-state index in [1.165, 1.54) is 0 Å². The van der Waals surface area contributed by atoms with E-state index in [1.54, 1.807) is 0 Å². The van der Waals surface area contributed by atoms with Crippen molar-refractivity contribution < 1.29 is 0 Å². The Morgan fingerprint density at radius 2 is 2.57 bits per heavy atom. The Labute approximate surface area is 83.9 Å². The summed E-state index contributed by atoms with van der Waals surface area (Å²) in [5.41, 5.74) is 3.96. The maximum Gasteiger partial charge on any atom is 0.123 e. The molecule has 1 aromatic heterocycles. The summed E-state index contributed by atoms with van der Waals surface area (Å²) in [5, 5.41) is 3.43. The predicted molar refractivity (Wildman–Crippen MR) is 55.9 cm³/mol. The van der Waals surface area contributed by atoms with Gasteiger partial charge in [0.1, 0.15) is 5.82 Å². The Morgan fingerprint density at radius 1 is 1.71 bits per heavy atom. The van der Waals surface area contributed by atoms with E-state index in [0.717, 1.165) is 24.5 Å². The summed E-state index contributed by atoms with van der Waals surface area (Å²) in [6.45, 7) is 6.61. The van der Waals surface area contributed by atoms with Crippen LogP contribution in [0.2, 0.25) is 0 Å². The van der Waals surface area contributed by atoms with E-state index in [-0.39, 0.29) is 0 Å². The highest BCUT2D eigenvalue weighted by atomic mass is 15.0. The Kier molecular flexibility index (Phi) is 2.53. The zero-order chi connectivity index (χ0) is 9.97. The maximum atomic E-state index is 4.32. The van der Waals surface area contributed by atoms with Crippen molar-refractivity contribution in [2.24, 2.45) is 5.92 Å². The number of nitrogens with zero attached hydrogens (tertiary/aromatic N) is 1. The monoisotopic (exact) mass is 189 g/mol. The van der Waals surface area contributed by atoms with Crippen molar-refractivity contribution in [2.45, 2.75) is 19.4 Å². The summed E-state index contributed by atoms with van der Waals surface area (Å²) in [6, 6.07) is 0.360. The summed E-state index contributed by atoms with van der Waals surface area (Å²) in [6.07, 6.45) is 4.98. The van der Waals surface area contributed by atoms with Gasteiger partial charge in [-0.2, -0.15) is 0 Å². The number of aryl methyl sites for hydroxylation is 1. The van der Waals surface area contributed by atoms with E-state index < -0.39 is 0 Å². The van der Waals surface area contributed by atoms with Gasteiger partial charge in [-0.15, -0.1) is 5.73 Å². The van der Waals surface area contributed by atoms with Crippen LogP contribution in [-0.2, 0) is 0 Å². The molecule has 14 heavy (non-hydrogen) atoms. The summed E-state index contributed by atoms with van der Waals surface area (Å²) in [5.74, 6) is 1.59. The smallest absolute Gasteiger partial charge is 0.123 e. The molecule has 74 valence electrons. The lowest BCUT2D eigenvalue weighted by Gasteiger charge is -2.05. The quantitative estimate of drug-likeness (QED) is 0.695. The van der Waals surface area contributed by atoms with E-state index in [1.807, 2.05) is 19.2 Å². The number of nitrogens with one attached hydrogen (secondary N) is 2. The van der Waals surface area contributed by atoms with Gasteiger partial charge in [-0.3, -0.25) is 0 Å². The minimum atomic E-state index is 0.360. The maximum absolute atomic E-state index is 4.32. The van der Waals surface area contributed by atoms with Crippen molar-refractivity contribution in [3.63, 3.8) is 0 Å². The number of hydrogen-bond donors (Lipinski definition) is 2. The minimum Gasteiger partial charge on any atom is -0.345 e. The third kappa shape index (κ3) is 1.79. The molecular formula is C11H15N3.